The second kappa shape index (κ2) is 13.7. The van der Waals surface area contributed by atoms with Crippen LogP contribution >= 0.6 is 0 Å². The number of aryl methyl sites for hydroxylation is 1. The number of nitrogens with zero attached hydrogens (tertiary/aromatic N) is 4. The SMILES string of the molecule is Cc1ccc2c(c1)[nH]c1c(-c3nc4c(-c5ccc6c7cc(C(C)(C)c8ccccc8)ccc7n(-c7ccccn7)c6c5)cccc4n3-c3ccccc3)cc(C(C)(C)C)cc12. The minimum Gasteiger partial charge on any atom is -0.354 e. The summed E-state index contributed by atoms with van der Waals surface area (Å²) in [5.41, 5.74) is 15.6. The van der Waals surface area contributed by atoms with Gasteiger partial charge in [0.15, 0.2) is 0 Å². The third-order valence-corrected chi connectivity index (χ3v) is 12.8. The van der Waals surface area contributed by atoms with Crippen LogP contribution in [0.1, 0.15) is 56.9 Å². The van der Waals surface area contributed by atoms with E-state index >= 15 is 0 Å². The Morgan fingerprint density at radius 2 is 1.26 bits per heavy atom. The summed E-state index contributed by atoms with van der Waals surface area (Å²) >= 11 is 0. The maximum absolute atomic E-state index is 5.69. The lowest BCUT2D eigenvalue weighted by Gasteiger charge is -2.26. The highest BCUT2D eigenvalue weighted by Crippen LogP contribution is 2.43. The fourth-order valence-electron chi connectivity index (χ4n) is 9.41. The number of nitrogens with one attached hydrogen (secondary N) is 1. The highest BCUT2D eigenvalue weighted by atomic mass is 15.1. The summed E-state index contributed by atoms with van der Waals surface area (Å²) in [6.07, 6.45) is 1.88. The number of hydrogen-bond donors (Lipinski definition) is 1. The van der Waals surface area contributed by atoms with Crippen LogP contribution in [0.15, 0.2) is 170 Å². The first-order chi connectivity index (χ1) is 29.5. The molecule has 11 aromatic rings. The van der Waals surface area contributed by atoms with E-state index in [9.17, 15) is 0 Å². The van der Waals surface area contributed by atoms with Crippen molar-refractivity contribution in [2.24, 2.45) is 0 Å². The first-order valence-electron chi connectivity index (χ1n) is 21.2. The molecule has 4 heterocycles. The summed E-state index contributed by atoms with van der Waals surface area (Å²) in [5, 5.41) is 4.84. The number of benzene rings is 7. The van der Waals surface area contributed by atoms with Crippen molar-refractivity contribution in [3.05, 3.63) is 192 Å². The van der Waals surface area contributed by atoms with E-state index in [0.717, 1.165) is 67.1 Å². The van der Waals surface area contributed by atoms with Gasteiger partial charge in [0.2, 0.25) is 0 Å². The highest BCUT2D eigenvalue weighted by Gasteiger charge is 2.27. The molecule has 0 amide bonds. The molecule has 0 bridgehead atoms. The van der Waals surface area contributed by atoms with Crippen molar-refractivity contribution in [3.63, 3.8) is 0 Å². The van der Waals surface area contributed by atoms with E-state index in [0.29, 0.717) is 0 Å². The van der Waals surface area contributed by atoms with Gasteiger partial charge in [0.1, 0.15) is 11.6 Å². The van der Waals surface area contributed by atoms with Gasteiger partial charge in [-0.25, -0.2) is 9.97 Å². The van der Waals surface area contributed by atoms with Crippen LogP contribution < -0.4 is 0 Å². The average Bonchev–Trinajstić information content (AvgIpc) is 3.95. The zero-order chi connectivity index (χ0) is 41.6. The van der Waals surface area contributed by atoms with Gasteiger partial charge in [0.25, 0.3) is 0 Å². The first kappa shape index (κ1) is 36.8. The molecule has 4 aromatic heterocycles. The molecule has 1 N–H and O–H groups in total. The van der Waals surface area contributed by atoms with Gasteiger partial charge in [-0.3, -0.25) is 9.13 Å². The molecular weight excluding hydrogens is 743 g/mol. The van der Waals surface area contributed by atoms with Gasteiger partial charge < -0.3 is 4.98 Å². The normalized spacial score (nSPS) is 12.4. The fraction of sp³-hybridized carbons (Fsp3) is 0.143. The van der Waals surface area contributed by atoms with Crippen LogP contribution in [-0.2, 0) is 10.8 Å². The summed E-state index contributed by atoms with van der Waals surface area (Å²) < 4.78 is 4.66. The van der Waals surface area contributed by atoms with Crippen molar-refractivity contribution in [2.75, 3.05) is 0 Å². The molecule has 0 unspecified atom stereocenters. The Hall–Kier alpha value is -7.24. The number of aromatic amines is 1. The second-order valence-corrected chi connectivity index (χ2v) is 18.1. The van der Waals surface area contributed by atoms with Gasteiger partial charge in [-0.15, -0.1) is 0 Å². The highest BCUT2D eigenvalue weighted by molar-refractivity contribution is 6.13. The van der Waals surface area contributed by atoms with Gasteiger partial charge in [0, 0.05) is 55.5 Å². The molecule has 5 heteroatoms. The van der Waals surface area contributed by atoms with Crippen LogP contribution in [0.4, 0.5) is 0 Å². The second-order valence-electron chi connectivity index (χ2n) is 18.1. The fourth-order valence-corrected chi connectivity index (χ4v) is 9.41. The number of para-hydroxylation sites is 2. The quantitative estimate of drug-likeness (QED) is 0.182. The number of aromatic nitrogens is 5. The molecule has 11 rings (SSSR count). The molecule has 7 aromatic carbocycles. The average molecular weight is 790 g/mol. The molecule has 0 saturated heterocycles. The van der Waals surface area contributed by atoms with Crippen molar-refractivity contribution in [2.45, 2.75) is 52.4 Å². The molecule has 0 radical (unpaired) electrons. The zero-order valence-corrected chi connectivity index (χ0v) is 35.5. The van der Waals surface area contributed by atoms with E-state index in [1.54, 1.807) is 0 Å². The lowest BCUT2D eigenvalue weighted by Crippen LogP contribution is -2.18. The Labute approximate surface area is 356 Å². The monoisotopic (exact) mass is 789 g/mol. The van der Waals surface area contributed by atoms with E-state index in [1.807, 2.05) is 12.3 Å². The van der Waals surface area contributed by atoms with E-state index < -0.39 is 0 Å². The minimum absolute atomic E-state index is 0.0779. The van der Waals surface area contributed by atoms with Crippen molar-refractivity contribution >= 4 is 54.6 Å². The predicted molar refractivity (Wildman–Crippen MR) is 255 cm³/mol. The maximum atomic E-state index is 5.69. The molecule has 5 nitrogen and oxygen atoms in total. The van der Waals surface area contributed by atoms with Crippen molar-refractivity contribution in [1.29, 1.82) is 0 Å². The molecule has 0 fully saturated rings. The van der Waals surface area contributed by atoms with Crippen LogP contribution in [0, 0.1) is 6.92 Å². The van der Waals surface area contributed by atoms with E-state index in [1.165, 1.54) is 43.8 Å². The van der Waals surface area contributed by atoms with Gasteiger partial charge in [0.05, 0.1) is 27.6 Å². The third-order valence-electron chi connectivity index (χ3n) is 12.8. The molecule has 0 atom stereocenters. The number of imidazole rings is 1. The predicted octanol–water partition coefficient (Wildman–Crippen LogP) is 14.4. The van der Waals surface area contributed by atoms with Crippen LogP contribution in [0.2, 0.25) is 0 Å². The number of H-pyrrole nitrogens is 1. The summed E-state index contributed by atoms with van der Waals surface area (Å²) in [6.45, 7) is 13.7. The molecular formula is C56H47N5. The van der Waals surface area contributed by atoms with Crippen LogP contribution in [0.5, 0.6) is 0 Å². The standard InChI is InChI=1S/C56H47N5/c1-35-23-26-42-45-33-39(55(2,3)4)34-46(52(45)58-47(42)30-35)54-59-53-41(20-15-21-49(53)60(54)40-18-11-8-12-19-40)36-24-27-43-44-32-38(56(5,6)37-16-9-7-10-17-37)25-28-48(44)61(50(43)31-36)51-22-13-14-29-57-51/h7-34,58H,1-6H3. The van der Waals surface area contributed by atoms with Crippen LogP contribution in [0.25, 0.3) is 88.7 Å². The molecule has 0 aliphatic carbocycles. The molecule has 296 valence electrons. The Kier molecular flexibility index (Phi) is 8.24. The Balaban J connectivity index is 1.17. The molecule has 61 heavy (non-hydrogen) atoms. The number of rotatable bonds is 6. The molecule has 0 aliphatic rings. The topological polar surface area (TPSA) is 51.4 Å². The van der Waals surface area contributed by atoms with Gasteiger partial charge in [-0.1, -0.05) is 132 Å². The Bertz CT molecular complexity index is 3470. The maximum Gasteiger partial charge on any atom is 0.147 e. The Morgan fingerprint density at radius 1 is 0.508 bits per heavy atom. The number of fused-ring (bicyclic) bond motifs is 7. The van der Waals surface area contributed by atoms with E-state index in [-0.39, 0.29) is 10.8 Å². The van der Waals surface area contributed by atoms with E-state index in [4.69, 9.17) is 9.97 Å². The van der Waals surface area contributed by atoms with Gasteiger partial charge in [-0.05, 0) is 107 Å². The first-order valence-corrected chi connectivity index (χ1v) is 21.2. The van der Waals surface area contributed by atoms with Gasteiger partial charge in [-0.2, -0.15) is 0 Å². The number of pyridine rings is 1. The van der Waals surface area contributed by atoms with Gasteiger partial charge >= 0.3 is 0 Å². The Morgan fingerprint density at radius 3 is 2.03 bits per heavy atom. The summed E-state index contributed by atoms with van der Waals surface area (Å²) in [5.74, 6) is 1.80. The van der Waals surface area contributed by atoms with Crippen LogP contribution in [-0.4, -0.2) is 24.1 Å². The number of hydrogen-bond acceptors (Lipinski definition) is 2. The molecule has 0 saturated carbocycles. The van der Waals surface area contributed by atoms with Crippen molar-refractivity contribution < 1.29 is 0 Å². The largest absolute Gasteiger partial charge is 0.354 e. The van der Waals surface area contributed by atoms with Crippen molar-refractivity contribution in [3.8, 4) is 34.0 Å². The smallest absolute Gasteiger partial charge is 0.147 e. The zero-order valence-electron chi connectivity index (χ0n) is 35.5. The lowest BCUT2D eigenvalue weighted by molar-refractivity contribution is 0.591. The molecule has 0 spiro atoms. The van der Waals surface area contributed by atoms with Crippen molar-refractivity contribution in [1.82, 2.24) is 24.1 Å². The lowest BCUT2D eigenvalue weighted by atomic mass is 9.78. The summed E-state index contributed by atoms with van der Waals surface area (Å²) in [4.78, 5) is 14.4. The van der Waals surface area contributed by atoms with E-state index in [2.05, 4.69) is 213 Å². The van der Waals surface area contributed by atoms with Crippen LogP contribution in [0.3, 0.4) is 0 Å². The third kappa shape index (κ3) is 5.90. The minimum atomic E-state index is -0.177. The summed E-state index contributed by atoms with van der Waals surface area (Å²) in [7, 11) is 0. The molecule has 0 aliphatic heterocycles. The summed E-state index contributed by atoms with van der Waals surface area (Å²) in [6, 6.07) is 59.5.